The summed E-state index contributed by atoms with van der Waals surface area (Å²) in [4.78, 5) is 0. The molecule has 1 aliphatic rings. The van der Waals surface area contributed by atoms with Crippen molar-refractivity contribution < 1.29 is 14.0 Å². The minimum Gasteiger partial charge on any atom is -0.455 e. The van der Waals surface area contributed by atoms with Crippen molar-refractivity contribution in [3.63, 3.8) is 0 Å². The maximum absolute atomic E-state index is 9.73. The van der Waals surface area contributed by atoms with Crippen molar-refractivity contribution >= 4 is 16.6 Å². The van der Waals surface area contributed by atoms with Gasteiger partial charge in [-0.2, -0.15) is 0 Å². The zero-order chi connectivity index (χ0) is 17.8. The van der Waals surface area contributed by atoms with Gasteiger partial charge in [0.15, 0.2) is 16.6 Å². The molecule has 0 heterocycles. The molecule has 0 unspecified atom stereocenters. The number of hydrogen-bond acceptors (Lipinski definition) is 3. The summed E-state index contributed by atoms with van der Waals surface area (Å²) in [6.07, 6.45) is 3.22. The fourth-order valence-corrected chi connectivity index (χ4v) is 12.7. The molecular formula is C19H32O3Si2. The highest BCUT2D eigenvalue weighted by atomic mass is 28.4. The minimum absolute atomic E-state index is 0.132. The van der Waals surface area contributed by atoms with Crippen LogP contribution in [0.1, 0.15) is 12.0 Å². The largest absolute Gasteiger partial charge is 0.455 e. The van der Waals surface area contributed by atoms with E-state index in [-0.39, 0.29) is 12.5 Å². The van der Waals surface area contributed by atoms with Gasteiger partial charge in [-0.3, -0.25) is 0 Å². The van der Waals surface area contributed by atoms with Gasteiger partial charge in [-0.05, 0) is 55.8 Å². The van der Waals surface area contributed by atoms with E-state index in [0.717, 1.165) is 12.0 Å². The third kappa shape index (κ3) is 5.39. The van der Waals surface area contributed by atoms with Crippen molar-refractivity contribution in [2.24, 2.45) is 5.92 Å². The standard InChI is InChI=1S/C19H32O3Si2/c1-23(2,3)22-24(4,5)19-12-11-17(13-20)18(19)15-21-14-16-9-7-6-8-10-16/h6-11,18-20H,12-15H2,1-5H3/t18-,19-/m0/s1. The lowest BCUT2D eigenvalue weighted by atomic mass is 10.0. The first-order valence-corrected chi connectivity index (χ1v) is 15.2. The van der Waals surface area contributed by atoms with Crippen molar-refractivity contribution in [2.75, 3.05) is 13.2 Å². The summed E-state index contributed by atoms with van der Waals surface area (Å²) in [5.74, 6) is 0.289. The highest BCUT2D eigenvalue weighted by Gasteiger charge is 2.44. The molecule has 0 aliphatic heterocycles. The Balaban J connectivity index is 2.01. The maximum atomic E-state index is 9.73. The normalized spacial score (nSPS) is 21.8. The molecular weight excluding hydrogens is 332 g/mol. The lowest BCUT2D eigenvalue weighted by molar-refractivity contribution is 0.0920. The Labute approximate surface area is 149 Å². The van der Waals surface area contributed by atoms with Gasteiger partial charge in [0.1, 0.15) is 0 Å². The number of benzene rings is 1. The Morgan fingerprint density at radius 3 is 2.33 bits per heavy atom. The zero-order valence-corrected chi connectivity index (χ0v) is 17.7. The maximum Gasteiger partial charge on any atom is 0.177 e. The highest BCUT2D eigenvalue weighted by Crippen LogP contribution is 2.44. The van der Waals surface area contributed by atoms with Crippen LogP contribution in [0, 0.1) is 5.92 Å². The second kappa shape index (κ2) is 8.10. The van der Waals surface area contributed by atoms with Crippen molar-refractivity contribution in [1.82, 2.24) is 0 Å². The number of allylic oxidation sites excluding steroid dienone is 1. The SMILES string of the molecule is C[Si](C)(C)O[Si](C)(C)[C@H]1CC=C(CO)[C@@H]1COCc1ccccc1. The number of hydrogen-bond donors (Lipinski definition) is 1. The second-order valence-corrected chi connectivity index (χ2v) is 17.2. The molecule has 2 atom stereocenters. The lowest BCUT2D eigenvalue weighted by Crippen LogP contribution is -2.47. The molecule has 3 nitrogen and oxygen atoms in total. The van der Waals surface area contributed by atoms with Gasteiger partial charge in [-0.1, -0.05) is 36.4 Å². The molecule has 5 heteroatoms. The molecule has 1 N–H and O–H groups in total. The predicted molar refractivity (Wildman–Crippen MR) is 105 cm³/mol. The van der Waals surface area contributed by atoms with Gasteiger partial charge in [-0.25, -0.2) is 0 Å². The molecule has 0 spiro atoms. The molecule has 0 fully saturated rings. The third-order valence-corrected chi connectivity index (χ3v) is 11.6. The second-order valence-electron chi connectivity index (χ2n) is 8.20. The van der Waals surface area contributed by atoms with Crippen molar-refractivity contribution in [1.29, 1.82) is 0 Å². The monoisotopic (exact) mass is 364 g/mol. The van der Waals surface area contributed by atoms with Gasteiger partial charge in [0, 0.05) is 5.92 Å². The molecule has 0 bridgehead atoms. The Bertz CT molecular complexity index is 549. The fourth-order valence-electron chi connectivity index (χ4n) is 3.77. The summed E-state index contributed by atoms with van der Waals surface area (Å²) in [5, 5.41) is 9.73. The highest BCUT2D eigenvalue weighted by molar-refractivity contribution is 6.85. The summed E-state index contributed by atoms with van der Waals surface area (Å²) < 4.78 is 12.6. The van der Waals surface area contributed by atoms with Gasteiger partial charge >= 0.3 is 0 Å². The van der Waals surface area contributed by atoms with Crippen LogP contribution in [0.2, 0.25) is 38.3 Å². The topological polar surface area (TPSA) is 38.7 Å². The number of aliphatic hydroxyl groups excluding tert-OH is 1. The summed E-state index contributed by atoms with van der Waals surface area (Å²) in [5.41, 5.74) is 2.81. The van der Waals surface area contributed by atoms with Crippen LogP contribution in [0.3, 0.4) is 0 Å². The van der Waals surface area contributed by atoms with Crippen LogP contribution in [0.5, 0.6) is 0 Å². The van der Waals surface area contributed by atoms with Gasteiger partial charge < -0.3 is 14.0 Å². The molecule has 2 rings (SSSR count). The summed E-state index contributed by atoms with van der Waals surface area (Å²) in [6, 6.07) is 10.3. The van der Waals surface area contributed by atoms with E-state index in [1.54, 1.807) is 0 Å². The Morgan fingerprint density at radius 2 is 1.75 bits per heavy atom. The molecule has 1 aromatic carbocycles. The van der Waals surface area contributed by atoms with E-state index in [0.29, 0.717) is 18.8 Å². The number of rotatable bonds is 8. The first-order valence-electron chi connectivity index (χ1n) is 8.84. The predicted octanol–water partition coefficient (Wildman–Crippen LogP) is 4.57. The van der Waals surface area contributed by atoms with E-state index in [1.807, 2.05) is 18.2 Å². The third-order valence-electron chi connectivity index (χ3n) is 4.65. The molecule has 0 amide bonds. The van der Waals surface area contributed by atoms with Crippen LogP contribution in [0.4, 0.5) is 0 Å². The molecule has 1 aromatic rings. The van der Waals surface area contributed by atoms with E-state index >= 15 is 0 Å². The van der Waals surface area contributed by atoms with E-state index in [4.69, 9.17) is 8.85 Å². The molecule has 0 saturated carbocycles. The lowest BCUT2D eigenvalue weighted by Gasteiger charge is -2.39. The van der Waals surface area contributed by atoms with Gasteiger partial charge in [0.05, 0.1) is 19.8 Å². The van der Waals surface area contributed by atoms with Crippen LogP contribution in [-0.2, 0) is 15.5 Å². The van der Waals surface area contributed by atoms with Crippen LogP contribution in [-0.4, -0.2) is 35.0 Å². The summed E-state index contributed by atoms with van der Waals surface area (Å²) >= 11 is 0. The van der Waals surface area contributed by atoms with Crippen molar-refractivity contribution in [2.45, 2.75) is 51.3 Å². The molecule has 0 saturated heterocycles. The van der Waals surface area contributed by atoms with Crippen molar-refractivity contribution in [3.8, 4) is 0 Å². The van der Waals surface area contributed by atoms with Gasteiger partial charge in [0.25, 0.3) is 0 Å². The van der Waals surface area contributed by atoms with Crippen molar-refractivity contribution in [3.05, 3.63) is 47.5 Å². The fraction of sp³-hybridized carbons (Fsp3) is 0.579. The minimum atomic E-state index is -1.84. The van der Waals surface area contributed by atoms with Gasteiger partial charge in [-0.15, -0.1) is 0 Å². The molecule has 134 valence electrons. The number of aliphatic hydroxyl groups is 1. The van der Waals surface area contributed by atoms with E-state index < -0.39 is 16.6 Å². The van der Waals surface area contributed by atoms with Crippen LogP contribution >= 0.6 is 0 Å². The molecule has 0 aromatic heterocycles. The van der Waals surface area contributed by atoms with Gasteiger partial charge in [0.2, 0.25) is 0 Å². The van der Waals surface area contributed by atoms with Crippen LogP contribution in [0.15, 0.2) is 42.0 Å². The van der Waals surface area contributed by atoms with Crippen LogP contribution < -0.4 is 0 Å². The molecule has 0 radical (unpaired) electrons. The van der Waals surface area contributed by atoms with E-state index in [2.05, 4.69) is 50.9 Å². The Kier molecular flexibility index (Phi) is 6.62. The summed E-state index contributed by atoms with van der Waals surface area (Å²) in [6.45, 7) is 12.9. The molecule has 24 heavy (non-hydrogen) atoms. The Morgan fingerprint density at radius 1 is 1.08 bits per heavy atom. The molecule has 1 aliphatic carbocycles. The van der Waals surface area contributed by atoms with Crippen LogP contribution in [0.25, 0.3) is 0 Å². The summed E-state index contributed by atoms with van der Waals surface area (Å²) in [7, 11) is -3.41. The quantitative estimate of drug-likeness (QED) is 0.542. The Hall–Kier alpha value is -0.726. The average Bonchev–Trinajstić information content (AvgIpc) is 2.90. The first kappa shape index (κ1) is 19.6. The smallest absolute Gasteiger partial charge is 0.177 e. The van der Waals surface area contributed by atoms with E-state index in [9.17, 15) is 5.11 Å². The number of ether oxygens (including phenoxy) is 1. The van der Waals surface area contributed by atoms with E-state index in [1.165, 1.54) is 5.56 Å². The first-order chi connectivity index (χ1) is 11.2. The average molecular weight is 365 g/mol. The zero-order valence-electron chi connectivity index (χ0n) is 15.7.